The Bertz CT molecular complexity index is 1900. The van der Waals surface area contributed by atoms with Gasteiger partial charge in [-0.1, -0.05) is 90.0 Å². The number of hydrazone groups is 1. The largest absolute Gasteiger partial charge is 0.326 e. The van der Waals surface area contributed by atoms with E-state index in [4.69, 9.17) is 16.7 Å². The molecule has 2 amide bonds. The summed E-state index contributed by atoms with van der Waals surface area (Å²) in [5, 5.41) is 10.4. The minimum absolute atomic E-state index is 0.000104. The van der Waals surface area contributed by atoms with E-state index in [2.05, 4.69) is 10.3 Å². The van der Waals surface area contributed by atoms with Gasteiger partial charge in [-0.3, -0.25) is 14.4 Å². The van der Waals surface area contributed by atoms with E-state index in [-0.39, 0.29) is 30.2 Å². The Morgan fingerprint density at radius 3 is 2.33 bits per heavy atom. The van der Waals surface area contributed by atoms with Crippen molar-refractivity contribution in [3.8, 4) is 11.1 Å². The summed E-state index contributed by atoms with van der Waals surface area (Å²) in [4.78, 5) is 43.0. The molecule has 0 radical (unpaired) electrons. The molecular formula is C35H29ClN4O3. The number of aromatic amines is 1. The van der Waals surface area contributed by atoms with Gasteiger partial charge in [-0.25, -0.2) is 5.01 Å². The quantitative estimate of drug-likeness (QED) is 0.210. The molecule has 214 valence electrons. The Balaban J connectivity index is 1.37. The zero-order valence-corrected chi connectivity index (χ0v) is 24.3. The van der Waals surface area contributed by atoms with Gasteiger partial charge in [-0.15, -0.1) is 0 Å². The molecule has 4 aromatic carbocycles. The zero-order valence-electron chi connectivity index (χ0n) is 23.5. The van der Waals surface area contributed by atoms with Crippen LogP contribution in [0.25, 0.3) is 22.0 Å². The van der Waals surface area contributed by atoms with Crippen LogP contribution in [0.15, 0.2) is 113 Å². The van der Waals surface area contributed by atoms with Crippen LogP contribution < -0.4 is 10.9 Å². The van der Waals surface area contributed by atoms with Gasteiger partial charge in [0.15, 0.2) is 0 Å². The third-order valence-corrected chi connectivity index (χ3v) is 7.81. The van der Waals surface area contributed by atoms with Crippen LogP contribution in [0.1, 0.15) is 42.0 Å². The van der Waals surface area contributed by atoms with E-state index < -0.39 is 6.04 Å². The first-order valence-electron chi connectivity index (χ1n) is 14.1. The number of hydrogen-bond donors (Lipinski definition) is 2. The van der Waals surface area contributed by atoms with Gasteiger partial charge < -0.3 is 10.3 Å². The summed E-state index contributed by atoms with van der Waals surface area (Å²) in [6.45, 7) is 1.97. The van der Waals surface area contributed by atoms with Crippen molar-refractivity contribution in [3.05, 3.63) is 135 Å². The fourth-order valence-corrected chi connectivity index (χ4v) is 5.64. The van der Waals surface area contributed by atoms with Crippen LogP contribution in [0.4, 0.5) is 5.69 Å². The smallest absolute Gasteiger partial charge is 0.258 e. The molecule has 1 atom stereocenters. The number of carbonyl (C=O) groups is 2. The van der Waals surface area contributed by atoms with Crippen LogP contribution in [-0.4, -0.2) is 27.5 Å². The molecule has 1 aliphatic rings. The number of aromatic nitrogens is 1. The Morgan fingerprint density at radius 1 is 0.907 bits per heavy atom. The average Bonchev–Trinajstić information content (AvgIpc) is 3.47. The van der Waals surface area contributed by atoms with E-state index in [0.29, 0.717) is 39.5 Å². The molecule has 7 nitrogen and oxygen atoms in total. The van der Waals surface area contributed by atoms with Gasteiger partial charge in [-0.2, -0.15) is 5.10 Å². The molecule has 1 unspecified atom stereocenters. The highest BCUT2D eigenvalue weighted by molar-refractivity contribution is 6.31. The van der Waals surface area contributed by atoms with Crippen molar-refractivity contribution >= 4 is 45.7 Å². The van der Waals surface area contributed by atoms with Gasteiger partial charge >= 0.3 is 0 Å². The van der Waals surface area contributed by atoms with Crippen molar-refractivity contribution in [1.82, 2.24) is 9.99 Å². The second kappa shape index (κ2) is 12.1. The summed E-state index contributed by atoms with van der Waals surface area (Å²) < 4.78 is 0. The van der Waals surface area contributed by atoms with E-state index in [1.807, 2.05) is 97.9 Å². The summed E-state index contributed by atoms with van der Waals surface area (Å²) in [6.07, 6.45) is 0.299. The van der Waals surface area contributed by atoms with Crippen LogP contribution in [-0.2, 0) is 9.59 Å². The van der Waals surface area contributed by atoms with E-state index in [1.54, 1.807) is 12.1 Å². The third kappa shape index (κ3) is 5.98. The Hall–Kier alpha value is -5.01. The first-order chi connectivity index (χ1) is 20.9. The molecule has 5 aromatic rings. The predicted octanol–water partition coefficient (Wildman–Crippen LogP) is 7.25. The number of hydrogen-bond acceptors (Lipinski definition) is 4. The Labute approximate surface area is 253 Å². The minimum Gasteiger partial charge on any atom is -0.326 e. The molecule has 1 aliphatic heterocycles. The normalized spacial score (nSPS) is 14.5. The molecule has 0 saturated carbocycles. The molecule has 0 bridgehead atoms. The lowest BCUT2D eigenvalue weighted by Crippen LogP contribution is -2.28. The summed E-state index contributed by atoms with van der Waals surface area (Å²) in [6, 6.07) is 31.7. The monoisotopic (exact) mass is 588 g/mol. The topological polar surface area (TPSA) is 94.6 Å². The summed E-state index contributed by atoms with van der Waals surface area (Å²) in [7, 11) is 0. The average molecular weight is 589 g/mol. The Morgan fingerprint density at radius 2 is 1.60 bits per heavy atom. The number of halogens is 1. The first-order valence-corrected chi connectivity index (χ1v) is 14.5. The fourth-order valence-electron chi connectivity index (χ4n) is 5.47. The number of fused-ring (bicyclic) bond motifs is 1. The third-order valence-electron chi connectivity index (χ3n) is 7.58. The maximum atomic E-state index is 13.7. The molecule has 0 aliphatic carbocycles. The molecule has 8 heteroatoms. The van der Waals surface area contributed by atoms with Crippen molar-refractivity contribution in [3.63, 3.8) is 0 Å². The highest BCUT2D eigenvalue weighted by atomic mass is 35.5. The molecule has 0 spiro atoms. The predicted molar refractivity (Wildman–Crippen MR) is 171 cm³/mol. The standard InChI is InChI=1S/C35H29ClN4O3/c1-22-12-15-26(16-13-22)37-31(41)18-19-32(42)40-30(23-8-4-2-5-9-23)21-29(39-40)34-33(24-10-6-3-7-11-24)27-20-25(36)14-17-28(27)38-35(34)43/h2-17,20,30H,18-19,21H2,1H3,(H,37,41)(H,38,43). The van der Waals surface area contributed by atoms with Gasteiger partial charge in [-0.05, 0) is 48.4 Å². The number of benzene rings is 4. The number of aryl methyl sites for hydroxylation is 1. The maximum Gasteiger partial charge on any atom is 0.258 e. The van der Waals surface area contributed by atoms with Crippen LogP contribution in [0, 0.1) is 6.92 Å². The zero-order chi connectivity index (χ0) is 29.9. The summed E-state index contributed by atoms with van der Waals surface area (Å²) in [5.41, 5.74) is 5.45. The van der Waals surface area contributed by atoms with Gasteiger partial charge in [0.2, 0.25) is 11.8 Å². The number of carbonyl (C=O) groups excluding carboxylic acids is 2. The molecule has 1 aromatic heterocycles. The lowest BCUT2D eigenvalue weighted by molar-refractivity contribution is -0.134. The number of rotatable bonds is 7. The number of nitrogens with zero attached hydrogens (tertiary/aromatic N) is 2. The number of nitrogens with one attached hydrogen (secondary N) is 2. The van der Waals surface area contributed by atoms with Gasteiger partial charge in [0.1, 0.15) is 0 Å². The summed E-state index contributed by atoms with van der Waals surface area (Å²) >= 11 is 6.41. The minimum atomic E-state index is -0.429. The second-order valence-corrected chi connectivity index (χ2v) is 11.0. The molecule has 6 rings (SSSR count). The van der Waals surface area contributed by atoms with E-state index >= 15 is 0 Å². The van der Waals surface area contributed by atoms with Gasteiger partial charge in [0.25, 0.3) is 5.56 Å². The van der Waals surface area contributed by atoms with Crippen molar-refractivity contribution in [2.45, 2.75) is 32.2 Å². The van der Waals surface area contributed by atoms with E-state index in [9.17, 15) is 14.4 Å². The number of pyridine rings is 1. The second-order valence-electron chi connectivity index (χ2n) is 10.6. The highest BCUT2D eigenvalue weighted by Gasteiger charge is 2.35. The molecule has 0 saturated heterocycles. The Kier molecular flexibility index (Phi) is 7.90. The van der Waals surface area contributed by atoms with E-state index in [1.165, 1.54) is 5.01 Å². The molecule has 43 heavy (non-hydrogen) atoms. The summed E-state index contributed by atoms with van der Waals surface area (Å²) in [5.74, 6) is -0.560. The van der Waals surface area contributed by atoms with Crippen LogP contribution in [0.5, 0.6) is 0 Å². The number of H-pyrrole nitrogens is 1. The number of amides is 2. The maximum absolute atomic E-state index is 13.7. The SMILES string of the molecule is Cc1ccc(NC(=O)CCC(=O)N2N=C(c3c(-c4ccccc4)c4cc(Cl)ccc4[nH]c3=O)CC2c2ccccc2)cc1. The van der Waals surface area contributed by atoms with Crippen molar-refractivity contribution in [2.75, 3.05) is 5.32 Å². The lowest BCUT2D eigenvalue weighted by Gasteiger charge is -2.22. The highest BCUT2D eigenvalue weighted by Crippen LogP contribution is 2.37. The van der Waals surface area contributed by atoms with Crippen molar-refractivity contribution in [2.24, 2.45) is 5.10 Å². The molecule has 2 heterocycles. The number of anilines is 1. The van der Waals surface area contributed by atoms with Crippen LogP contribution in [0.2, 0.25) is 5.02 Å². The van der Waals surface area contributed by atoms with Crippen molar-refractivity contribution < 1.29 is 9.59 Å². The van der Waals surface area contributed by atoms with Gasteiger partial charge in [0, 0.05) is 46.4 Å². The molecule has 2 N–H and O–H groups in total. The molecule has 0 fully saturated rings. The van der Waals surface area contributed by atoms with E-state index in [0.717, 1.165) is 22.1 Å². The fraction of sp³-hybridized carbons (Fsp3) is 0.143. The molecular weight excluding hydrogens is 560 g/mol. The van der Waals surface area contributed by atoms with Crippen molar-refractivity contribution in [1.29, 1.82) is 0 Å². The first kappa shape index (κ1) is 28.1. The van der Waals surface area contributed by atoms with Gasteiger partial charge in [0.05, 0.1) is 17.3 Å². The van der Waals surface area contributed by atoms with Crippen LogP contribution in [0.3, 0.4) is 0 Å². The lowest BCUT2D eigenvalue weighted by atomic mass is 9.91. The van der Waals surface area contributed by atoms with Crippen LogP contribution >= 0.6 is 11.6 Å².